The second-order valence-electron chi connectivity index (χ2n) is 5.36. The van der Waals surface area contributed by atoms with Gasteiger partial charge < -0.3 is 4.57 Å². The van der Waals surface area contributed by atoms with Crippen molar-refractivity contribution >= 4 is 55.9 Å². The fourth-order valence-electron chi connectivity index (χ4n) is 2.81. The van der Waals surface area contributed by atoms with E-state index in [9.17, 15) is 4.79 Å². The highest BCUT2D eigenvalue weighted by Crippen LogP contribution is 2.35. The molecule has 4 aromatic rings. The Hall–Kier alpha value is -2.37. The van der Waals surface area contributed by atoms with Crippen molar-refractivity contribution in [3.05, 3.63) is 58.4 Å². The van der Waals surface area contributed by atoms with Gasteiger partial charge in [0.15, 0.2) is 0 Å². The van der Waals surface area contributed by atoms with Gasteiger partial charge in [0, 0.05) is 16.6 Å². The highest BCUT2D eigenvalue weighted by Gasteiger charge is 2.19. The molecule has 0 spiro atoms. The Balaban J connectivity index is 1.74. The predicted molar refractivity (Wildman–Crippen MR) is 100 cm³/mol. The Bertz CT molecular complexity index is 1070. The maximum absolute atomic E-state index is 12.7. The lowest BCUT2D eigenvalue weighted by molar-refractivity contribution is 0.102. The number of para-hydroxylation sites is 2. The number of hydrogen-bond donors (Lipinski definition) is 1. The largest absolute Gasteiger partial charge is 0.310 e. The van der Waals surface area contributed by atoms with Crippen LogP contribution in [0.15, 0.2) is 48.5 Å². The summed E-state index contributed by atoms with van der Waals surface area (Å²) in [6, 6.07) is 15.6. The summed E-state index contributed by atoms with van der Waals surface area (Å²) in [6.45, 7) is 2.74. The first-order valence-corrected chi connectivity index (χ1v) is 8.82. The lowest BCUT2D eigenvalue weighted by Gasteiger charge is -2.06. The van der Waals surface area contributed by atoms with Crippen LogP contribution in [0.25, 0.3) is 21.1 Å². The number of halogens is 1. The molecule has 120 valence electrons. The minimum absolute atomic E-state index is 0.230. The van der Waals surface area contributed by atoms with E-state index in [1.54, 1.807) is 0 Å². The molecule has 0 aliphatic heterocycles. The molecule has 1 N–H and O–H groups in total. The van der Waals surface area contributed by atoms with Crippen LogP contribution >= 0.6 is 22.9 Å². The first-order valence-electron chi connectivity index (χ1n) is 7.62. The van der Waals surface area contributed by atoms with Gasteiger partial charge in [-0.1, -0.05) is 41.9 Å². The Kier molecular flexibility index (Phi) is 3.75. The average Bonchev–Trinajstić information content (AvgIpc) is 3.12. The SMILES string of the molecule is CCn1c(NC(=O)c2sc3ccccc3c2Cl)nc2ccccc21. The number of benzene rings is 2. The number of anilines is 1. The van der Waals surface area contributed by atoms with E-state index in [-0.39, 0.29) is 5.91 Å². The molecule has 0 saturated carbocycles. The Labute approximate surface area is 147 Å². The summed E-state index contributed by atoms with van der Waals surface area (Å²) in [7, 11) is 0. The van der Waals surface area contributed by atoms with E-state index >= 15 is 0 Å². The van der Waals surface area contributed by atoms with Gasteiger partial charge >= 0.3 is 0 Å². The van der Waals surface area contributed by atoms with Gasteiger partial charge in [0.1, 0.15) is 4.88 Å². The van der Waals surface area contributed by atoms with Crippen LogP contribution in [0.3, 0.4) is 0 Å². The number of hydrogen-bond acceptors (Lipinski definition) is 3. The van der Waals surface area contributed by atoms with Gasteiger partial charge in [-0.25, -0.2) is 4.98 Å². The second-order valence-corrected chi connectivity index (χ2v) is 6.79. The Morgan fingerprint density at radius 2 is 1.96 bits per heavy atom. The number of nitrogens with one attached hydrogen (secondary N) is 1. The summed E-state index contributed by atoms with van der Waals surface area (Å²) in [5.74, 6) is 0.309. The number of aromatic nitrogens is 2. The van der Waals surface area contributed by atoms with Crippen LogP contribution < -0.4 is 5.32 Å². The highest BCUT2D eigenvalue weighted by atomic mass is 35.5. The molecule has 1 amide bonds. The molecule has 0 fully saturated rings. The summed E-state index contributed by atoms with van der Waals surface area (Å²) >= 11 is 7.78. The summed E-state index contributed by atoms with van der Waals surface area (Å²) in [4.78, 5) is 17.7. The van der Waals surface area contributed by atoms with Crippen molar-refractivity contribution in [3.63, 3.8) is 0 Å². The molecule has 2 aromatic heterocycles. The van der Waals surface area contributed by atoms with Crippen molar-refractivity contribution in [1.82, 2.24) is 9.55 Å². The van der Waals surface area contributed by atoms with Crippen molar-refractivity contribution in [2.24, 2.45) is 0 Å². The van der Waals surface area contributed by atoms with E-state index in [1.807, 2.05) is 60.0 Å². The van der Waals surface area contributed by atoms with Crippen LogP contribution in [0.1, 0.15) is 16.6 Å². The van der Waals surface area contributed by atoms with Gasteiger partial charge in [-0.2, -0.15) is 0 Å². The molecule has 24 heavy (non-hydrogen) atoms. The molecule has 0 aliphatic carbocycles. The summed E-state index contributed by atoms with van der Waals surface area (Å²) in [6.07, 6.45) is 0. The van der Waals surface area contributed by atoms with Gasteiger partial charge in [0.2, 0.25) is 5.95 Å². The minimum Gasteiger partial charge on any atom is -0.310 e. The maximum atomic E-state index is 12.7. The third-order valence-electron chi connectivity index (χ3n) is 3.94. The van der Waals surface area contributed by atoms with Crippen LogP contribution in [0.2, 0.25) is 5.02 Å². The molecule has 6 heteroatoms. The van der Waals surface area contributed by atoms with E-state index in [4.69, 9.17) is 11.6 Å². The highest BCUT2D eigenvalue weighted by molar-refractivity contribution is 7.21. The first kappa shape index (κ1) is 15.2. The van der Waals surface area contributed by atoms with Crippen molar-refractivity contribution < 1.29 is 4.79 Å². The molecule has 0 saturated heterocycles. The number of thiophene rings is 1. The van der Waals surface area contributed by atoms with Crippen LogP contribution in [0, 0.1) is 0 Å². The van der Waals surface area contributed by atoms with Gasteiger partial charge in [0.05, 0.1) is 16.1 Å². The molecule has 0 aliphatic rings. The van der Waals surface area contributed by atoms with Gasteiger partial charge in [-0.05, 0) is 25.1 Å². The average molecular weight is 356 g/mol. The number of nitrogens with zero attached hydrogens (tertiary/aromatic N) is 2. The van der Waals surface area contributed by atoms with Crippen molar-refractivity contribution in [2.45, 2.75) is 13.5 Å². The first-order chi connectivity index (χ1) is 11.7. The van der Waals surface area contributed by atoms with Crippen molar-refractivity contribution in [2.75, 3.05) is 5.32 Å². The minimum atomic E-state index is -0.230. The number of rotatable bonds is 3. The van der Waals surface area contributed by atoms with E-state index in [2.05, 4.69) is 10.3 Å². The quantitative estimate of drug-likeness (QED) is 0.550. The number of amides is 1. The van der Waals surface area contributed by atoms with Crippen molar-refractivity contribution in [3.8, 4) is 0 Å². The molecular weight excluding hydrogens is 342 g/mol. The third-order valence-corrected chi connectivity index (χ3v) is 5.61. The third kappa shape index (κ3) is 2.37. The molecule has 0 radical (unpaired) electrons. The standard InChI is InChI=1S/C18H14ClN3OS/c1-2-22-13-9-5-4-8-12(13)20-18(22)21-17(23)16-15(19)11-7-3-6-10-14(11)24-16/h3-10H,2H2,1H3,(H,20,21,23). The van der Waals surface area contributed by atoms with E-state index in [1.165, 1.54) is 11.3 Å². The molecule has 4 nitrogen and oxygen atoms in total. The fourth-order valence-corrected chi connectivity index (χ4v) is 4.22. The molecule has 0 atom stereocenters. The smallest absolute Gasteiger partial charge is 0.269 e. The van der Waals surface area contributed by atoms with Gasteiger partial charge in [0.25, 0.3) is 5.91 Å². The normalized spacial score (nSPS) is 11.2. The monoisotopic (exact) mass is 355 g/mol. The van der Waals surface area contributed by atoms with E-state index < -0.39 is 0 Å². The molecule has 0 bridgehead atoms. The fraction of sp³-hybridized carbons (Fsp3) is 0.111. The Morgan fingerprint density at radius 3 is 2.75 bits per heavy atom. The molecule has 2 aromatic carbocycles. The zero-order chi connectivity index (χ0) is 16.7. The second kappa shape index (κ2) is 5.92. The zero-order valence-corrected chi connectivity index (χ0v) is 14.5. The molecule has 2 heterocycles. The topological polar surface area (TPSA) is 46.9 Å². The van der Waals surface area contributed by atoms with Crippen LogP contribution in [0.5, 0.6) is 0 Å². The number of aryl methyl sites for hydroxylation is 1. The lowest BCUT2D eigenvalue weighted by Crippen LogP contribution is -2.15. The maximum Gasteiger partial charge on any atom is 0.269 e. The number of imidazole rings is 1. The number of carbonyl (C=O) groups excluding carboxylic acids is 1. The Morgan fingerprint density at radius 1 is 1.21 bits per heavy atom. The van der Waals surface area contributed by atoms with Crippen LogP contribution in [0.4, 0.5) is 5.95 Å². The van der Waals surface area contributed by atoms with E-state index in [0.29, 0.717) is 15.8 Å². The molecule has 0 unspecified atom stereocenters. The summed E-state index contributed by atoms with van der Waals surface area (Å²) < 4.78 is 2.98. The van der Waals surface area contributed by atoms with Crippen LogP contribution in [-0.4, -0.2) is 15.5 Å². The zero-order valence-electron chi connectivity index (χ0n) is 12.9. The lowest BCUT2D eigenvalue weighted by atomic mass is 10.2. The molecular formula is C18H14ClN3OS. The van der Waals surface area contributed by atoms with Crippen LogP contribution in [-0.2, 0) is 6.54 Å². The molecule has 4 rings (SSSR count). The van der Waals surface area contributed by atoms with Gasteiger partial charge in [-0.3, -0.25) is 10.1 Å². The van der Waals surface area contributed by atoms with Gasteiger partial charge in [-0.15, -0.1) is 11.3 Å². The number of fused-ring (bicyclic) bond motifs is 2. The predicted octanol–water partition coefficient (Wildman–Crippen LogP) is 5.18. The van der Waals surface area contributed by atoms with E-state index in [0.717, 1.165) is 27.7 Å². The summed E-state index contributed by atoms with van der Waals surface area (Å²) in [5, 5.41) is 4.30. The summed E-state index contributed by atoms with van der Waals surface area (Å²) in [5.41, 5.74) is 1.86. The number of carbonyl (C=O) groups is 1. The van der Waals surface area contributed by atoms with Crippen molar-refractivity contribution in [1.29, 1.82) is 0 Å².